The molecule has 2 aromatic rings. The fourth-order valence-corrected chi connectivity index (χ4v) is 2.83. The normalized spacial score (nSPS) is 12.4. The molecule has 1 N–H and O–H groups in total. The third kappa shape index (κ3) is 3.77. The van der Waals surface area contributed by atoms with Crippen molar-refractivity contribution < 1.29 is 13.2 Å². The number of benzene rings is 2. The minimum atomic E-state index is -0.852. The highest BCUT2D eigenvalue weighted by atomic mass is 32.2. The van der Waals surface area contributed by atoms with Gasteiger partial charge in [0.25, 0.3) is 0 Å². The average Bonchev–Trinajstić information content (AvgIpc) is 2.45. The molecule has 0 radical (unpaired) electrons. The second-order valence-electron chi connectivity index (χ2n) is 4.28. The highest BCUT2D eigenvalue weighted by Gasteiger charge is 2.12. The lowest BCUT2D eigenvalue weighted by Gasteiger charge is -2.16. The van der Waals surface area contributed by atoms with Gasteiger partial charge in [0.1, 0.15) is 5.82 Å². The minimum absolute atomic E-state index is 0.111. The minimum Gasteiger partial charge on any atom is -0.312 e. The maximum atomic E-state index is 13.2. The SMILES string of the molecule is CNC(CSc1ccc(F)cc1)c1ccc(F)c(F)c1. The Hall–Kier alpha value is -1.46. The van der Waals surface area contributed by atoms with Gasteiger partial charge in [0, 0.05) is 16.7 Å². The molecule has 2 aromatic carbocycles. The third-order valence-electron chi connectivity index (χ3n) is 2.92. The van der Waals surface area contributed by atoms with Crippen LogP contribution in [0.4, 0.5) is 13.2 Å². The summed E-state index contributed by atoms with van der Waals surface area (Å²) in [7, 11) is 1.76. The first-order chi connectivity index (χ1) is 9.60. The molecule has 20 heavy (non-hydrogen) atoms. The van der Waals surface area contributed by atoms with Crippen LogP contribution < -0.4 is 5.32 Å². The molecule has 0 saturated carbocycles. The summed E-state index contributed by atoms with van der Waals surface area (Å²) >= 11 is 1.52. The maximum Gasteiger partial charge on any atom is 0.159 e. The topological polar surface area (TPSA) is 12.0 Å². The Morgan fingerprint density at radius 1 is 1.00 bits per heavy atom. The summed E-state index contributed by atoms with van der Waals surface area (Å²) in [5.74, 6) is -1.35. The molecule has 106 valence electrons. The van der Waals surface area contributed by atoms with Crippen LogP contribution in [0.25, 0.3) is 0 Å². The number of thioether (sulfide) groups is 1. The van der Waals surface area contributed by atoms with E-state index in [1.54, 1.807) is 25.2 Å². The van der Waals surface area contributed by atoms with Gasteiger partial charge < -0.3 is 5.32 Å². The lowest BCUT2D eigenvalue weighted by atomic mass is 10.1. The Kier molecular flexibility index (Phi) is 5.09. The molecule has 0 spiro atoms. The number of hydrogen-bond donors (Lipinski definition) is 1. The number of rotatable bonds is 5. The molecule has 0 bridgehead atoms. The zero-order chi connectivity index (χ0) is 14.5. The van der Waals surface area contributed by atoms with Crippen LogP contribution in [0.5, 0.6) is 0 Å². The van der Waals surface area contributed by atoms with Crippen LogP contribution in [0, 0.1) is 17.5 Å². The molecule has 0 fully saturated rings. The zero-order valence-corrected chi connectivity index (χ0v) is 11.7. The Morgan fingerprint density at radius 2 is 1.70 bits per heavy atom. The summed E-state index contributed by atoms with van der Waals surface area (Å²) in [5.41, 5.74) is 0.681. The van der Waals surface area contributed by atoms with Gasteiger partial charge in [-0.2, -0.15) is 0 Å². The Labute approximate surface area is 120 Å². The van der Waals surface area contributed by atoms with Crippen molar-refractivity contribution in [3.05, 3.63) is 65.5 Å². The molecule has 0 amide bonds. The van der Waals surface area contributed by atoms with Crippen molar-refractivity contribution in [1.29, 1.82) is 0 Å². The van der Waals surface area contributed by atoms with Crippen LogP contribution in [0.2, 0.25) is 0 Å². The Morgan fingerprint density at radius 3 is 2.30 bits per heavy atom. The van der Waals surface area contributed by atoms with Crippen molar-refractivity contribution in [3.8, 4) is 0 Å². The first-order valence-electron chi connectivity index (χ1n) is 6.10. The van der Waals surface area contributed by atoms with Gasteiger partial charge in [-0.1, -0.05) is 6.07 Å². The standard InChI is InChI=1S/C15H14F3NS/c1-19-15(10-2-7-13(17)14(18)8-10)9-20-12-5-3-11(16)4-6-12/h2-8,15,19H,9H2,1H3. The molecule has 0 heterocycles. The summed E-state index contributed by atoms with van der Waals surface area (Å²) in [6.45, 7) is 0. The van der Waals surface area contributed by atoms with Crippen LogP contribution in [0.1, 0.15) is 11.6 Å². The molecule has 0 aliphatic heterocycles. The summed E-state index contributed by atoms with van der Waals surface area (Å²) in [5, 5.41) is 3.06. The second-order valence-corrected chi connectivity index (χ2v) is 5.37. The van der Waals surface area contributed by atoms with Gasteiger partial charge in [0.05, 0.1) is 0 Å². The molecule has 0 saturated heterocycles. The summed E-state index contributed by atoms with van der Waals surface area (Å²) in [6.07, 6.45) is 0. The predicted molar refractivity (Wildman–Crippen MR) is 75.3 cm³/mol. The van der Waals surface area contributed by atoms with E-state index in [-0.39, 0.29) is 11.9 Å². The quantitative estimate of drug-likeness (QED) is 0.832. The lowest BCUT2D eigenvalue weighted by Crippen LogP contribution is -2.19. The lowest BCUT2D eigenvalue weighted by molar-refractivity contribution is 0.504. The summed E-state index contributed by atoms with van der Waals surface area (Å²) < 4.78 is 39.0. The molecular weight excluding hydrogens is 283 g/mol. The van der Waals surface area contributed by atoms with Crippen LogP contribution in [0.3, 0.4) is 0 Å². The van der Waals surface area contributed by atoms with E-state index in [2.05, 4.69) is 5.32 Å². The van der Waals surface area contributed by atoms with E-state index in [4.69, 9.17) is 0 Å². The maximum absolute atomic E-state index is 13.2. The molecule has 0 aliphatic rings. The fourth-order valence-electron chi connectivity index (χ4n) is 1.79. The molecule has 1 nitrogen and oxygen atoms in total. The molecule has 5 heteroatoms. The van der Waals surface area contributed by atoms with Crippen molar-refractivity contribution in [2.75, 3.05) is 12.8 Å². The number of halogens is 3. The van der Waals surface area contributed by atoms with Gasteiger partial charge in [-0.25, -0.2) is 13.2 Å². The summed E-state index contributed by atoms with van der Waals surface area (Å²) in [4.78, 5) is 0.925. The molecule has 0 aliphatic carbocycles. The predicted octanol–water partition coefficient (Wildman–Crippen LogP) is 4.16. The monoisotopic (exact) mass is 297 g/mol. The van der Waals surface area contributed by atoms with E-state index in [1.165, 1.54) is 30.0 Å². The van der Waals surface area contributed by atoms with Crippen molar-refractivity contribution in [1.82, 2.24) is 5.32 Å². The van der Waals surface area contributed by atoms with E-state index >= 15 is 0 Å². The smallest absolute Gasteiger partial charge is 0.159 e. The number of hydrogen-bond acceptors (Lipinski definition) is 2. The van der Waals surface area contributed by atoms with Crippen molar-refractivity contribution >= 4 is 11.8 Å². The van der Waals surface area contributed by atoms with Crippen molar-refractivity contribution in [3.63, 3.8) is 0 Å². The second kappa shape index (κ2) is 6.81. The third-order valence-corrected chi connectivity index (χ3v) is 4.03. The first-order valence-corrected chi connectivity index (χ1v) is 7.09. The van der Waals surface area contributed by atoms with Gasteiger partial charge in [-0.15, -0.1) is 11.8 Å². The van der Waals surface area contributed by atoms with Crippen LogP contribution in [0.15, 0.2) is 47.4 Å². The van der Waals surface area contributed by atoms with E-state index in [0.29, 0.717) is 11.3 Å². The van der Waals surface area contributed by atoms with Gasteiger partial charge in [-0.3, -0.25) is 0 Å². The van der Waals surface area contributed by atoms with E-state index < -0.39 is 11.6 Å². The van der Waals surface area contributed by atoms with Crippen LogP contribution in [-0.2, 0) is 0 Å². The molecule has 1 unspecified atom stereocenters. The summed E-state index contributed by atoms with van der Waals surface area (Å²) in [6, 6.07) is 9.95. The highest BCUT2D eigenvalue weighted by Crippen LogP contribution is 2.25. The van der Waals surface area contributed by atoms with Crippen molar-refractivity contribution in [2.45, 2.75) is 10.9 Å². The molecule has 2 rings (SSSR count). The van der Waals surface area contributed by atoms with Crippen LogP contribution in [-0.4, -0.2) is 12.8 Å². The van der Waals surface area contributed by atoms with Gasteiger partial charge in [0.2, 0.25) is 0 Å². The van der Waals surface area contributed by atoms with E-state index in [0.717, 1.165) is 11.0 Å². The Balaban J connectivity index is 2.05. The zero-order valence-electron chi connectivity index (χ0n) is 10.9. The first kappa shape index (κ1) is 14.9. The van der Waals surface area contributed by atoms with E-state index in [9.17, 15) is 13.2 Å². The number of nitrogens with one attached hydrogen (secondary N) is 1. The van der Waals surface area contributed by atoms with Gasteiger partial charge >= 0.3 is 0 Å². The molecular formula is C15H14F3NS. The molecule has 1 atom stereocenters. The largest absolute Gasteiger partial charge is 0.312 e. The Bertz CT molecular complexity index is 572. The molecule has 0 aromatic heterocycles. The highest BCUT2D eigenvalue weighted by molar-refractivity contribution is 7.99. The van der Waals surface area contributed by atoms with Crippen LogP contribution >= 0.6 is 11.8 Å². The van der Waals surface area contributed by atoms with Gasteiger partial charge in [0.15, 0.2) is 11.6 Å². The fraction of sp³-hybridized carbons (Fsp3) is 0.200. The average molecular weight is 297 g/mol. The van der Waals surface area contributed by atoms with E-state index in [1.807, 2.05) is 0 Å². The van der Waals surface area contributed by atoms with Crippen molar-refractivity contribution in [2.24, 2.45) is 0 Å². The van der Waals surface area contributed by atoms with Gasteiger partial charge in [-0.05, 0) is 49.0 Å².